The predicted molar refractivity (Wildman–Crippen MR) is 98.0 cm³/mol. The first kappa shape index (κ1) is 16.0. The van der Waals surface area contributed by atoms with E-state index in [1.54, 1.807) is 11.8 Å². The maximum atomic E-state index is 5.91. The van der Waals surface area contributed by atoms with E-state index in [0.29, 0.717) is 0 Å². The van der Waals surface area contributed by atoms with Crippen molar-refractivity contribution in [2.75, 3.05) is 0 Å². The number of aryl methyl sites for hydroxylation is 2. The van der Waals surface area contributed by atoms with Crippen LogP contribution in [0.2, 0.25) is 5.02 Å². The first-order valence-corrected chi connectivity index (χ1v) is 8.77. The molecule has 0 saturated heterocycles. The fourth-order valence-corrected chi connectivity index (χ4v) is 3.28. The molecule has 0 bridgehead atoms. The predicted octanol–water partition coefficient (Wildman–Crippen LogP) is 5.71. The first-order chi connectivity index (χ1) is 11.1. The van der Waals surface area contributed by atoms with Gasteiger partial charge in [-0.05, 0) is 49.2 Å². The Hall–Kier alpha value is -1.84. The van der Waals surface area contributed by atoms with E-state index in [9.17, 15) is 0 Å². The number of hydrogen-bond acceptors (Lipinski definition) is 3. The molecule has 116 valence electrons. The van der Waals surface area contributed by atoms with E-state index in [1.165, 1.54) is 16.7 Å². The highest BCUT2D eigenvalue weighted by Gasteiger charge is 2.04. The Morgan fingerprint density at radius 1 is 0.913 bits per heavy atom. The van der Waals surface area contributed by atoms with Gasteiger partial charge in [0.05, 0.1) is 5.69 Å². The van der Waals surface area contributed by atoms with Crippen LogP contribution in [0.15, 0.2) is 59.6 Å². The van der Waals surface area contributed by atoms with Crippen LogP contribution in [0.3, 0.4) is 0 Å². The van der Waals surface area contributed by atoms with Crippen molar-refractivity contribution in [3.8, 4) is 11.3 Å². The van der Waals surface area contributed by atoms with Gasteiger partial charge in [-0.15, -0.1) is 10.2 Å². The van der Waals surface area contributed by atoms with Crippen LogP contribution in [0.4, 0.5) is 0 Å². The van der Waals surface area contributed by atoms with Gasteiger partial charge in [0, 0.05) is 16.3 Å². The van der Waals surface area contributed by atoms with Gasteiger partial charge in [0.2, 0.25) is 0 Å². The molecule has 0 N–H and O–H groups in total. The topological polar surface area (TPSA) is 25.8 Å². The third-order valence-electron chi connectivity index (χ3n) is 3.66. The second kappa shape index (κ2) is 7.16. The molecule has 2 aromatic carbocycles. The molecule has 1 heterocycles. The summed E-state index contributed by atoms with van der Waals surface area (Å²) in [4.78, 5) is 0. The second-order valence-corrected chi connectivity index (χ2v) is 6.91. The molecule has 0 aliphatic carbocycles. The molecule has 3 aromatic rings. The lowest BCUT2D eigenvalue weighted by Crippen LogP contribution is -1.91. The first-order valence-electron chi connectivity index (χ1n) is 7.40. The number of hydrogen-bond donors (Lipinski definition) is 0. The Balaban J connectivity index is 1.70. The molecule has 3 rings (SSSR count). The summed E-state index contributed by atoms with van der Waals surface area (Å²) in [5.41, 5.74) is 5.83. The Kier molecular flexibility index (Phi) is 4.99. The summed E-state index contributed by atoms with van der Waals surface area (Å²) in [5, 5.41) is 10.3. The minimum atomic E-state index is 0.724. The molecule has 2 nitrogen and oxygen atoms in total. The van der Waals surface area contributed by atoms with Gasteiger partial charge in [-0.3, -0.25) is 0 Å². The molecule has 0 atom stereocenters. The highest BCUT2D eigenvalue weighted by atomic mass is 35.5. The Morgan fingerprint density at radius 3 is 2.39 bits per heavy atom. The largest absolute Gasteiger partial charge is 0.149 e. The summed E-state index contributed by atoms with van der Waals surface area (Å²) in [6.45, 7) is 4.26. The molecule has 0 unspecified atom stereocenters. The average Bonchev–Trinajstić information content (AvgIpc) is 2.57. The fourth-order valence-electron chi connectivity index (χ4n) is 2.28. The van der Waals surface area contributed by atoms with Crippen molar-refractivity contribution < 1.29 is 0 Å². The van der Waals surface area contributed by atoms with Gasteiger partial charge in [0.25, 0.3) is 0 Å². The smallest absolute Gasteiger partial charge is 0.119 e. The molecule has 1 aromatic heterocycles. The molecule has 0 aliphatic rings. The quantitative estimate of drug-likeness (QED) is 0.569. The summed E-state index contributed by atoms with van der Waals surface area (Å²) < 4.78 is 0. The molecule has 0 amide bonds. The van der Waals surface area contributed by atoms with Gasteiger partial charge in [0.15, 0.2) is 0 Å². The minimum absolute atomic E-state index is 0.724. The van der Waals surface area contributed by atoms with Crippen molar-refractivity contribution in [3.05, 3.63) is 76.3 Å². The van der Waals surface area contributed by atoms with Gasteiger partial charge >= 0.3 is 0 Å². The molecule has 0 radical (unpaired) electrons. The van der Waals surface area contributed by atoms with Crippen LogP contribution in [0.25, 0.3) is 11.3 Å². The number of benzene rings is 2. The molecule has 23 heavy (non-hydrogen) atoms. The number of aromatic nitrogens is 2. The van der Waals surface area contributed by atoms with Crippen LogP contribution in [0, 0.1) is 13.8 Å². The number of rotatable bonds is 4. The van der Waals surface area contributed by atoms with Crippen molar-refractivity contribution in [3.63, 3.8) is 0 Å². The van der Waals surface area contributed by atoms with Crippen LogP contribution < -0.4 is 0 Å². The molecular formula is C19H17ClN2S. The SMILES string of the molecule is Cc1ccc(C)c(CSc2ccc(-c3ccc(Cl)cc3)nn2)c1. The van der Waals surface area contributed by atoms with Crippen LogP contribution in [-0.2, 0) is 5.75 Å². The minimum Gasteiger partial charge on any atom is -0.149 e. The summed E-state index contributed by atoms with van der Waals surface area (Å²) in [6.07, 6.45) is 0. The third kappa shape index (κ3) is 4.12. The van der Waals surface area contributed by atoms with E-state index in [-0.39, 0.29) is 0 Å². The zero-order valence-electron chi connectivity index (χ0n) is 13.1. The maximum absolute atomic E-state index is 5.91. The van der Waals surface area contributed by atoms with Crippen molar-refractivity contribution in [2.24, 2.45) is 0 Å². The molecule has 0 aliphatic heterocycles. The molecule has 4 heteroatoms. The van der Waals surface area contributed by atoms with Crippen LogP contribution in [0.1, 0.15) is 16.7 Å². The third-order valence-corrected chi connectivity index (χ3v) is 4.88. The standard InChI is InChI=1S/C19H17ClN2S/c1-13-3-4-14(2)16(11-13)12-23-19-10-9-18(21-22-19)15-5-7-17(20)8-6-15/h3-11H,12H2,1-2H3. The average molecular weight is 341 g/mol. The summed E-state index contributed by atoms with van der Waals surface area (Å²) in [7, 11) is 0. The van der Waals surface area contributed by atoms with E-state index in [2.05, 4.69) is 42.2 Å². The van der Waals surface area contributed by atoms with Crippen LogP contribution >= 0.6 is 23.4 Å². The van der Waals surface area contributed by atoms with Gasteiger partial charge in [-0.1, -0.05) is 59.3 Å². The highest BCUT2D eigenvalue weighted by molar-refractivity contribution is 7.98. The Labute approximate surface area is 145 Å². The van der Waals surface area contributed by atoms with Gasteiger partial charge in [-0.25, -0.2) is 0 Å². The van der Waals surface area contributed by atoms with Crippen LogP contribution in [0.5, 0.6) is 0 Å². The van der Waals surface area contributed by atoms with Crippen LogP contribution in [-0.4, -0.2) is 10.2 Å². The highest BCUT2D eigenvalue weighted by Crippen LogP contribution is 2.25. The molecule has 0 fully saturated rings. The second-order valence-electron chi connectivity index (χ2n) is 5.48. The van der Waals surface area contributed by atoms with E-state index in [4.69, 9.17) is 11.6 Å². The number of nitrogens with zero attached hydrogens (tertiary/aromatic N) is 2. The van der Waals surface area contributed by atoms with Crippen molar-refractivity contribution >= 4 is 23.4 Å². The van der Waals surface area contributed by atoms with E-state index >= 15 is 0 Å². The van der Waals surface area contributed by atoms with Crippen molar-refractivity contribution in [2.45, 2.75) is 24.6 Å². The molecular weight excluding hydrogens is 324 g/mol. The summed E-state index contributed by atoms with van der Waals surface area (Å²) in [5.74, 6) is 0.905. The van der Waals surface area contributed by atoms with Crippen molar-refractivity contribution in [1.29, 1.82) is 0 Å². The van der Waals surface area contributed by atoms with Gasteiger partial charge in [-0.2, -0.15) is 0 Å². The lowest BCUT2D eigenvalue weighted by atomic mass is 10.1. The molecule has 0 saturated carbocycles. The number of halogens is 1. The zero-order valence-corrected chi connectivity index (χ0v) is 14.7. The number of thioether (sulfide) groups is 1. The summed E-state index contributed by atoms with van der Waals surface area (Å²) in [6, 6.07) is 18.2. The lowest BCUT2D eigenvalue weighted by molar-refractivity contribution is 0.935. The van der Waals surface area contributed by atoms with Gasteiger partial charge < -0.3 is 0 Å². The van der Waals surface area contributed by atoms with Crippen molar-refractivity contribution in [1.82, 2.24) is 10.2 Å². The lowest BCUT2D eigenvalue weighted by Gasteiger charge is -2.07. The Morgan fingerprint density at radius 2 is 1.70 bits per heavy atom. The van der Waals surface area contributed by atoms with E-state index in [0.717, 1.165) is 27.1 Å². The van der Waals surface area contributed by atoms with E-state index < -0.39 is 0 Å². The monoisotopic (exact) mass is 340 g/mol. The summed E-state index contributed by atoms with van der Waals surface area (Å²) >= 11 is 7.62. The Bertz CT molecular complexity index is 799. The zero-order chi connectivity index (χ0) is 16.2. The fraction of sp³-hybridized carbons (Fsp3) is 0.158. The van der Waals surface area contributed by atoms with E-state index in [1.807, 2.05) is 36.4 Å². The van der Waals surface area contributed by atoms with Gasteiger partial charge in [0.1, 0.15) is 5.03 Å². The normalized spacial score (nSPS) is 10.7. The maximum Gasteiger partial charge on any atom is 0.119 e. The molecule has 0 spiro atoms.